The average Bonchev–Trinajstić information content (AvgIpc) is 4.07. The molecule has 2 heterocycles. The van der Waals surface area contributed by atoms with E-state index in [-0.39, 0.29) is 76.5 Å². The van der Waals surface area contributed by atoms with Gasteiger partial charge in [0.1, 0.15) is 54.4 Å². The Morgan fingerprint density at radius 3 is 1.59 bits per heavy atom. The van der Waals surface area contributed by atoms with Crippen LogP contribution in [0, 0.1) is 11.8 Å². The third kappa shape index (κ3) is 21.4. The van der Waals surface area contributed by atoms with Gasteiger partial charge >= 0.3 is 17.9 Å². The molecule has 11 atom stereocenters. The number of primary amides is 1. The normalized spacial score (nSPS) is 18.5. The maximum atomic E-state index is 14.4. The Bertz CT molecular complexity index is 2230. The molecule has 2 rings (SSSR count). The first-order valence-corrected chi connectivity index (χ1v) is 25.6. The number of carbonyl (C=O) groups excluding carboxylic acids is 10. The number of guanidine groups is 1. The molecule has 0 aromatic rings. The van der Waals surface area contributed by atoms with Gasteiger partial charge < -0.3 is 90.4 Å². The van der Waals surface area contributed by atoms with Crippen LogP contribution in [0.25, 0.3) is 0 Å². The molecule has 2 aliphatic heterocycles. The zero-order chi connectivity index (χ0) is 59.1. The minimum atomic E-state index is -1.92. The van der Waals surface area contributed by atoms with Crippen LogP contribution in [0.4, 0.5) is 0 Å². The van der Waals surface area contributed by atoms with Crippen molar-refractivity contribution < 1.29 is 82.8 Å². The molecule has 0 bridgehead atoms. The van der Waals surface area contributed by atoms with Crippen LogP contribution in [0.2, 0.25) is 0 Å². The summed E-state index contributed by atoms with van der Waals surface area (Å²) in [5, 5.41) is 54.9. The molecule has 438 valence electrons. The van der Waals surface area contributed by atoms with Crippen molar-refractivity contribution in [2.75, 3.05) is 26.2 Å². The quantitative estimate of drug-likeness (QED) is 0.0165. The number of carboxylic acids is 3. The number of hydrogen-bond donors (Lipinski definition) is 15. The molecule has 0 aromatic carbocycles. The Morgan fingerprint density at radius 2 is 1.10 bits per heavy atom. The van der Waals surface area contributed by atoms with E-state index in [4.69, 9.17) is 28.0 Å². The molecular formula is C47H78N14O17. The van der Waals surface area contributed by atoms with Crippen LogP contribution >= 0.6 is 0 Å². The van der Waals surface area contributed by atoms with Crippen LogP contribution in [0.5, 0.6) is 0 Å². The Labute approximate surface area is 449 Å². The van der Waals surface area contributed by atoms with Gasteiger partial charge in [-0.3, -0.25) is 67.3 Å². The number of hydrogen-bond acceptors (Lipinski definition) is 16. The van der Waals surface area contributed by atoms with Gasteiger partial charge in [0.15, 0.2) is 5.96 Å². The van der Waals surface area contributed by atoms with Gasteiger partial charge in [0.25, 0.3) is 0 Å². The zero-order valence-corrected chi connectivity index (χ0v) is 44.5. The molecule has 0 unspecified atom stereocenters. The standard InChI is InChI=1S/C47H78N14O17/c1-6-23(4)36(59-37(68)25(48)13-14-34(64)65)45(76)61-17-9-12-32(61)43(74)58-30(21-62)41(72)56-28(20-35(66)67)40(71)57-29(18-22(2)3)44(75)60-16-8-11-31(60)42(73)54-26(10-7-15-52-47(50)51)38(69)55-27(19-33(49)63)39(70)53-24(5)46(77)78/h22-32,36,62H,6-21,48H2,1-5H3,(H2,49,63)(H,53,70)(H,54,73)(H,55,69)(H,56,72)(H,57,71)(H,58,74)(H,59,68)(H,64,65)(H,66,67)(H,77,78)(H4,50,51,52)/t23-,24-,25-,26-,27-,28-,29-,30-,31-,32-,36-/m0/s1. The lowest BCUT2D eigenvalue weighted by Crippen LogP contribution is -2.61. The molecule has 0 aromatic heterocycles. The third-order valence-electron chi connectivity index (χ3n) is 13.0. The number of carboxylic acid groups (broad SMARTS) is 3. The van der Waals surface area contributed by atoms with Crippen molar-refractivity contribution in [2.45, 2.75) is 172 Å². The van der Waals surface area contributed by atoms with E-state index >= 15 is 0 Å². The number of likely N-dealkylation sites (tertiary alicyclic amines) is 2. The van der Waals surface area contributed by atoms with Crippen LogP contribution < -0.4 is 60.2 Å². The predicted octanol–water partition coefficient (Wildman–Crippen LogP) is -5.85. The number of nitrogens with one attached hydrogen (secondary N) is 7. The number of rotatable bonds is 33. The Balaban J connectivity index is 2.33. The van der Waals surface area contributed by atoms with E-state index in [1.807, 2.05) is 0 Å². The van der Waals surface area contributed by atoms with Gasteiger partial charge in [-0.1, -0.05) is 34.1 Å². The van der Waals surface area contributed by atoms with Gasteiger partial charge in [-0.15, -0.1) is 0 Å². The monoisotopic (exact) mass is 1110 g/mol. The SMILES string of the molecule is CC[C@H](C)[C@H](NC(=O)[C@@H](N)CCC(=O)O)C(=O)N1CCC[C@H]1C(=O)N[C@@H](CO)C(=O)N[C@@H](CC(=O)O)C(=O)N[C@@H](CC(C)C)C(=O)N1CCC[C@H]1C(=O)N[C@@H](CCCN=C(N)N)C(=O)N[C@@H](CC(N)=O)C(=O)N[C@@H](C)C(=O)O. The van der Waals surface area contributed by atoms with Crippen molar-refractivity contribution in [3.05, 3.63) is 0 Å². The fourth-order valence-electron chi connectivity index (χ4n) is 8.52. The van der Waals surface area contributed by atoms with E-state index in [0.29, 0.717) is 12.8 Å². The highest BCUT2D eigenvalue weighted by Crippen LogP contribution is 2.23. The minimum Gasteiger partial charge on any atom is -0.481 e. The molecule has 0 radical (unpaired) electrons. The Morgan fingerprint density at radius 1 is 0.603 bits per heavy atom. The largest absolute Gasteiger partial charge is 0.481 e. The van der Waals surface area contributed by atoms with Crippen molar-refractivity contribution in [3.63, 3.8) is 0 Å². The van der Waals surface area contributed by atoms with Gasteiger partial charge in [-0.05, 0) is 70.1 Å². The van der Waals surface area contributed by atoms with Crippen molar-refractivity contribution >= 4 is 82.9 Å². The molecule has 10 amide bonds. The lowest BCUT2D eigenvalue weighted by atomic mass is 9.96. The van der Waals surface area contributed by atoms with E-state index in [1.165, 1.54) is 4.90 Å². The van der Waals surface area contributed by atoms with Gasteiger partial charge in [0.05, 0.1) is 25.5 Å². The van der Waals surface area contributed by atoms with Crippen molar-refractivity contribution in [3.8, 4) is 0 Å². The number of aliphatic hydroxyl groups is 1. The molecule has 0 aliphatic carbocycles. The first-order valence-electron chi connectivity index (χ1n) is 25.6. The maximum absolute atomic E-state index is 14.4. The lowest BCUT2D eigenvalue weighted by Gasteiger charge is -2.32. The molecule has 31 nitrogen and oxygen atoms in total. The smallest absolute Gasteiger partial charge is 0.325 e. The summed E-state index contributed by atoms with van der Waals surface area (Å²) in [5.41, 5.74) is 22.0. The van der Waals surface area contributed by atoms with Crippen molar-refractivity contribution in [1.29, 1.82) is 0 Å². The average molecular weight is 1110 g/mol. The van der Waals surface area contributed by atoms with Crippen LogP contribution in [0.3, 0.4) is 0 Å². The van der Waals surface area contributed by atoms with E-state index in [2.05, 4.69) is 42.2 Å². The molecule has 19 N–H and O–H groups in total. The minimum absolute atomic E-state index is 0.0197. The fourth-order valence-corrected chi connectivity index (χ4v) is 8.52. The van der Waals surface area contributed by atoms with Gasteiger partial charge in [-0.2, -0.15) is 0 Å². The second kappa shape index (κ2) is 32.1. The topological polar surface area (TPSA) is 510 Å². The molecule has 0 spiro atoms. The van der Waals surface area contributed by atoms with Crippen LogP contribution in [-0.4, -0.2) is 200 Å². The summed E-state index contributed by atoms with van der Waals surface area (Å²) in [6.45, 7) is 6.90. The molecular weight excluding hydrogens is 1030 g/mol. The summed E-state index contributed by atoms with van der Waals surface area (Å²) in [6.07, 6.45) is -1.46. The molecule has 2 aliphatic rings. The number of nitrogens with zero attached hydrogens (tertiary/aromatic N) is 3. The van der Waals surface area contributed by atoms with Crippen molar-refractivity contribution in [2.24, 2.45) is 39.8 Å². The molecule has 2 fully saturated rings. The summed E-state index contributed by atoms with van der Waals surface area (Å²) in [6, 6.07) is -14.7. The van der Waals surface area contributed by atoms with Gasteiger partial charge in [-0.25, -0.2) is 0 Å². The van der Waals surface area contributed by atoms with E-state index in [1.54, 1.807) is 27.7 Å². The van der Waals surface area contributed by atoms with Crippen LogP contribution in [0.15, 0.2) is 4.99 Å². The second-order valence-electron chi connectivity index (χ2n) is 19.7. The van der Waals surface area contributed by atoms with Crippen LogP contribution in [0.1, 0.15) is 112 Å². The highest BCUT2D eigenvalue weighted by molar-refractivity contribution is 6.00. The third-order valence-corrected chi connectivity index (χ3v) is 13.0. The van der Waals surface area contributed by atoms with E-state index in [9.17, 15) is 77.6 Å². The van der Waals surface area contributed by atoms with Gasteiger partial charge in [0.2, 0.25) is 59.1 Å². The predicted molar refractivity (Wildman–Crippen MR) is 273 cm³/mol. The second-order valence-corrected chi connectivity index (χ2v) is 19.7. The number of amides is 10. The van der Waals surface area contributed by atoms with Crippen LogP contribution in [-0.2, 0) is 62.3 Å². The lowest BCUT2D eigenvalue weighted by molar-refractivity contribution is -0.144. The summed E-state index contributed by atoms with van der Waals surface area (Å²) in [4.78, 5) is 176. The summed E-state index contributed by atoms with van der Waals surface area (Å²) >= 11 is 0. The Kier molecular flexibility index (Phi) is 27.4. The number of nitrogens with two attached hydrogens (primary N) is 4. The number of aliphatic carboxylic acids is 3. The van der Waals surface area contributed by atoms with E-state index < -0.39 is 169 Å². The summed E-state index contributed by atoms with van der Waals surface area (Å²) < 4.78 is 0. The molecule has 31 heteroatoms. The van der Waals surface area contributed by atoms with E-state index in [0.717, 1.165) is 11.8 Å². The van der Waals surface area contributed by atoms with Gasteiger partial charge in [0, 0.05) is 26.1 Å². The summed E-state index contributed by atoms with van der Waals surface area (Å²) in [7, 11) is 0. The first kappa shape index (κ1) is 66.4. The zero-order valence-electron chi connectivity index (χ0n) is 44.5. The van der Waals surface area contributed by atoms with Crippen molar-refractivity contribution in [1.82, 2.24) is 47.0 Å². The molecule has 2 saturated heterocycles. The Hall–Kier alpha value is -7.70. The number of aliphatic hydroxyl groups excluding tert-OH is 1. The number of carbonyl (C=O) groups is 13. The highest BCUT2D eigenvalue weighted by Gasteiger charge is 2.43. The molecule has 78 heavy (non-hydrogen) atoms. The maximum Gasteiger partial charge on any atom is 0.325 e. The molecule has 0 saturated carbocycles. The number of aliphatic imine (C=N–C) groups is 1. The summed E-state index contributed by atoms with van der Waals surface area (Å²) in [5.74, 6) is -14.8. The highest BCUT2D eigenvalue weighted by atomic mass is 16.4. The first-order chi connectivity index (χ1) is 36.5. The fraction of sp³-hybridized carbons (Fsp3) is 0.702.